The van der Waals surface area contributed by atoms with Gasteiger partial charge in [0, 0.05) is 17.6 Å². The van der Waals surface area contributed by atoms with Gasteiger partial charge in [0.2, 0.25) is 0 Å². The van der Waals surface area contributed by atoms with E-state index in [0.717, 1.165) is 22.6 Å². The first kappa shape index (κ1) is 13.2. The molecule has 1 aromatic carbocycles. The van der Waals surface area contributed by atoms with Crippen LogP contribution in [-0.2, 0) is 13.7 Å². The van der Waals surface area contributed by atoms with Crippen molar-refractivity contribution in [1.82, 2.24) is 9.78 Å². The van der Waals surface area contributed by atoms with Gasteiger partial charge in [-0.1, -0.05) is 29.3 Å². The second kappa shape index (κ2) is 5.21. The van der Waals surface area contributed by atoms with E-state index in [1.807, 2.05) is 33.0 Å². The van der Waals surface area contributed by atoms with Crippen molar-refractivity contribution in [2.45, 2.75) is 20.5 Å². The monoisotopic (exact) mass is 284 g/mol. The topological polar surface area (TPSA) is 27.1 Å². The lowest BCUT2D eigenvalue weighted by atomic mass is 10.2. The lowest BCUT2D eigenvalue weighted by Gasteiger charge is -2.09. The quantitative estimate of drug-likeness (QED) is 0.854. The van der Waals surface area contributed by atoms with E-state index in [4.69, 9.17) is 27.9 Å². The van der Waals surface area contributed by atoms with E-state index in [9.17, 15) is 0 Å². The van der Waals surface area contributed by atoms with E-state index in [1.54, 1.807) is 10.7 Å². The van der Waals surface area contributed by atoms with E-state index in [1.165, 1.54) is 0 Å². The minimum absolute atomic E-state index is 0.389. The molecule has 1 aromatic heterocycles. The Bertz CT molecular complexity index is 579. The molecule has 0 unspecified atom stereocenters. The lowest BCUT2D eigenvalue weighted by Crippen LogP contribution is -1.98. The maximum absolute atomic E-state index is 6.15. The molecule has 0 aliphatic rings. The molecule has 0 saturated heterocycles. The first-order valence-corrected chi connectivity index (χ1v) is 6.31. The highest BCUT2D eigenvalue weighted by molar-refractivity contribution is 6.30. The summed E-state index contributed by atoms with van der Waals surface area (Å²) in [6.07, 6.45) is 0. The molecule has 18 heavy (non-hydrogen) atoms. The fraction of sp³-hybridized carbons (Fsp3) is 0.308. The molecule has 2 aromatic rings. The summed E-state index contributed by atoms with van der Waals surface area (Å²) in [6, 6.07) is 5.57. The number of hydrogen-bond acceptors (Lipinski definition) is 2. The third-order valence-corrected chi connectivity index (χ3v) is 3.50. The van der Waals surface area contributed by atoms with E-state index in [2.05, 4.69) is 5.10 Å². The van der Waals surface area contributed by atoms with Crippen molar-refractivity contribution in [3.8, 4) is 5.75 Å². The van der Waals surface area contributed by atoms with Gasteiger partial charge in [-0.25, -0.2) is 0 Å². The highest BCUT2D eigenvalue weighted by atomic mass is 35.5. The van der Waals surface area contributed by atoms with Crippen LogP contribution >= 0.6 is 23.2 Å². The molecule has 96 valence electrons. The molecule has 5 heteroatoms. The van der Waals surface area contributed by atoms with Crippen LogP contribution in [0.3, 0.4) is 0 Å². The summed E-state index contributed by atoms with van der Waals surface area (Å²) in [5.74, 6) is 0.766. The Morgan fingerprint density at radius 3 is 2.61 bits per heavy atom. The summed E-state index contributed by atoms with van der Waals surface area (Å²) in [4.78, 5) is 0. The van der Waals surface area contributed by atoms with Crippen LogP contribution in [0.1, 0.15) is 16.8 Å². The van der Waals surface area contributed by atoms with Crippen molar-refractivity contribution in [3.05, 3.63) is 45.2 Å². The Morgan fingerprint density at radius 1 is 1.28 bits per heavy atom. The van der Waals surface area contributed by atoms with Crippen LogP contribution < -0.4 is 4.74 Å². The fourth-order valence-corrected chi connectivity index (χ4v) is 2.11. The number of aromatic nitrogens is 2. The number of aryl methyl sites for hydroxylation is 3. The van der Waals surface area contributed by atoms with Gasteiger partial charge in [0.1, 0.15) is 17.5 Å². The lowest BCUT2D eigenvalue weighted by molar-refractivity contribution is 0.303. The van der Waals surface area contributed by atoms with Crippen LogP contribution in [0.2, 0.25) is 10.2 Å². The SMILES string of the molecule is Cc1ccc(Cl)cc1OCc1c(C)nn(C)c1Cl. The standard InChI is InChI=1S/C13H14Cl2N2O/c1-8-4-5-10(14)6-12(8)18-7-11-9(2)16-17(3)13(11)15/h4-6H,7H2,1-3H3. The molecule has 0 fully saturated rings. The van der Waals surface area contributed by atoms with Gasteiger partial charge in [0.25, 0.3) is 0 Å². The van der Waals surface area contributed by atoms with E-state index in [0.29, 0.717) is 16.8 Å². The number of hydrogen-bond donors (Lipinski definition) is 0. The van der Waals surface area contributed by atoms with Crippen LogP contribution in [0.15, 0.2) is 18.2 Å². The molecule has 0 aliphatic carbocycles. The van der Waals surface area contributed by atoms with Gasteiger partial charge in [0.05, 0.1) is 5.69 Å². The summed E-state index contributed by atoms with van der Waals surface area (Å²) in [7, 11) is 1.81. The van der Waals surface area contributed by atoms with Crippen molar-refractivity contribution >= 4 is 23.2 Å². The van der Waals surface area contributed by atoms with E-state index >= 15 is 0 Å². The molecule has 0 bridgehead atoms. The zero-order valence-electron chi connectivity index (χ0n) is 10.5. The fourth-order valence-electron chi connectivity index (χ4n) is 1.72. The largest absolute Gasteiger partial charge is 0.488 e. The molecule has 1 heterocycles. The highest BCUT2D eigenvalue weighted by Gasteiger charge is 2.12. The molecule has 2 rings (SSSR count). The van der Waals surface area contributed by atoms with Crippen molar-refractivity contribution in [1.29, 1.82) is 0 Å². The van der Waals surface area contributed by atoms with Gasteiger partial charge in [-0.15, -0.1) is 0 Å². The Hall–Kier alpha value is -1.19. The van der Waals surface area contributed by atoms with E-state index < -0.39 is 0 Å². The van der Waals surface area contributed by atoms with Crippen LogP contribution in [0.25, 0.3) is 0 Å². The summed E-state index contributed by atoms with van der Waals surface area (Å²) < 4.78 is 7.40. The maximum atomic E-state index is 6.15. The first-order chi connectivity index (χ1) is 8.49. The van der Waals surface area contributed by atoms with Gasteiger partial charge in [-0.05, 0) is 31.5 Å². The van der Waals surface area contributed by atoms with Crippen LogP contribution in [-0.4, -0.2) is 9.78 Å². The minimum Gasteiger partial charge on any atom is -0.488 e. The first-order valence-electron chi connectivity index (χ1n) is 5.56. The van der Waals surface area contributed by atoms with Gasteiger partial charge in [-0.2, -0.15) is 5.10 Å². The molecule has 0 atom stereocenters. The second-order valence-electron chi connectivity index (χ2n) is 4.18. The van der Waals surface area contributed by atoms with Gasteiger partial charge in [-0.3, -0.25) is 4.68 Å². The second-order valence-corrected chi connectivity index (χ2v) is 4.97. The minimum atomic E-state index is 0.389. The molecule has 0 amide bonds. The number of ether oxygens (including phenoxy) is 1. The summed E-state index contributed by atoms with van der Waals surface area (Å²) in [6.45, 7) is 4.28. The smallest absolute Gasteiger partial charge is 0.133 e. The summed E-state index contributed by atoms with van der Waals surface area (Å²) >= 11 is 12.1. The molecule has 3 nitrogen and oxygen atoms in total. The number of benzene rings is 1. The van der Waals surface area contributed by atoms with Crippen molar-refractivity contribution in [2.24, 2.45) is 7.05 Å². The van der Waals surface area contributed by atoms with E-state index in [-0.39, 0.29) is 0 Å². The number of nitrogens with zero attached hydrogens (tertiary/aromatic N) is 2. The van der Waals surface area contributed by atoms with Gasteiger partial charge < -0.3 is 4.74 Å². The molecule has 0 radical (unpaired) electrons. The average molecular weight is 285 g/mol. The van der Waals surface area contributed by atoms with Crippen molar-refractivity contribution in [3.63, 3.8) is 0 Å². The highest BCUT2D eigenvalue weighted by Crippen LogP contribution is 2.25. The summed E-state index contributed by atoms with van der Waals surface area (Å²) in [5, 5.41) is 5.50. The Kier molecular flexibility index (Phi) is 3.83. The molecule has 0 spiro atoms. The van der Waals surface area contributed by atoms with Gasteiger partial charge >= 0.3 is 0 Å². The predicted octanol–water partition coefficient (Wildman–Crippen LogP) is 3.92. The van der Waals surface area contributed by atoms with Crippen LogP contribution in [0.4, 0.5) is 0 Å². The van der Waals surface area contributed by atoms with Crippen LogP contribution in [0, 0.1) is 13.8 Å². The Balaban J connectivity index is 2.19. The molecular weight excluding hydrogens is 271 g/mol. The molecule has 0 aliphatic heterocycles. The molecular formula is C13H14Cl2N2O. The normalized spacial score (nSPS) is 10.7. The average Bonchev–Trinajstić information content (AvgIpc) is 2.55. The predicted molar refractivity (Wildman–Crippen MR) is 73.5 cm³/mol. The molecule has 0 saturated carbocycles. The number of rotatable bonds is 3. The van der Waals surface area contributed by atoms with Crippen molar-refractivity contribution < 1.29 is 4.74 Å². The maximum Gasteiger partial charge on any atom is 0.133 e. The third-order valence-electron chi connectivity index (χ3n) is 2.79. The Morgan fingerprint density at radius 2 is 2.00 bits per heavy atom. The van der Waals surface area contributed by atoms with Gasteiger partial charge in [0.15, 0.2) is 0 Å². The zero-order chi connectivity index (χ0) is 13.3. The zero-order valence-corrected chi connectivity index (χ0v) is 12.0. The van der Waals surface area contributed by atoms with Crippen LogP contribution in [0.5, 0.6) is 5.75 Å². The van der Waals surface area contributed by atoms with Crippen molar-refractivity contribution in [2.75, 3.05) is 0 Å². The third kappa shape index (κ3) is 2.62. The summed E-state index contributed by atoms with van der Waals surface area (Å²) in [5.41, 5.74) is 2.82. The number of halogens is 2. The Labute approximate surface area is 116 Å². The molecule has 0 N–H and O–H groups in total.